The predicted octanol–water partition coefficient (Wildman–Crippen LogP) is -1.99. The Bertz CT molecular complexity index is 4240. The van der Waals surface area contributed by atoms with E-state index in [1.54, 1.807) is 59.1 Å². The number of primary amides is 2. The lowest BCUT2D eigenvalue weighted by atomic mass is 9.85. The van der Waals surface area contributed by atoms with Crippen LogP contribution in [0.3, 0.4) is 0 Å². The number of Topliss-reactive ketones (excluding diaryl/α,β-unsaturated/α-hetero) is 4. The van der Waals surface area contributed by atoms with Crippen molar-refractivity contribution in [3.05, 3.63) is 59.2 Å². The lowest BCUT2D eigenvalue weighted by molar-refractivity contribution is -0.145. The van der Waals surface area contributed by atoms with Gasteiger partial charge in [0.15, 0.2) is 17.3 Å². The second-order valence-electron chi connectivity index (χ2n) is 32.4. The van der Waals surface area contributed by atoms with Gasteiger partial charge in [-0.3, -0.25) is 61.7 Å². The average molecular weight is 1860 g/mol. The van der Waals surface area contributed by atoms with Crippen molar-refractivity contribution in [1.29, 1.82) is 0 Å². The number of aliphatic hydroxyl groups is 3. The van der Waals surface area contributed by atoms with Crippen molar-refractivity contribution < 1.29 is 139 Å². The molecule has 1 unspecified atom stereocenters. The van der Waals surface area contributed by atoms with E-state index in [-0.39, 0.29) is 156 Å². The second kappa shape index (κ2) is 57.9. The highest BCUT2D eigenvalue weighted by molar-refractivity contribution is 7.85. The Hall–Kier alpha value is -10.1. The highest BCUT2D eigenvalue weighted by atomic mass is 32.2. The van der Waals surface area contributed by atoms with Crippen molar-refractivity contribution in [2.45, 2.75) is 159 Å². The minimum absolute atomic E-state index is 0.0260. The van der Waals surface area contributed by atoms with Gasteiger partial charge in [0.25, 0.3) is 0 Å². The summed E-state index contributed by atoms with van der Waals surface area (Å²) in [6, 6.07) is 2.35. The molecule has 726 valence electrons. The van der Waals surface area contributed by atoms with Crippen molar-refractivity contribution in [1.82, 2.24) is 56.9 Å². The first-order valence-electron chi connectivity index (χ1n) is 43.8. The molecule has 0 radical (unpaired) electrons. The first kappa shape index (κ1) is 109. The fraction of sp³-hybridized carbons (Fsp3) is 0.663. The zero-order valence-electron chi connectivity index (χ0n) is 75.1. The summed E-state index contributed by atoms with van der Waals surface area (Å²) in [4.78, 5) is 216. The summed E-state index contributed by atoms with van der Waals surface area (Å²) < 4.78 is 70.8. The normalized spacial score (nSPS) is 20.4. The highest BCUT2D eigenvalue weighted by Crippen LogP contribution is 2.34. The number of nitrogens with two attached hydrogens (primary N) is 3. The monoisotopic (exact) mass is 1860 g/mol. The molecule has 44 heteroatoms. The van der Waals surface area contributed by atoms with Crippen molar-refractivity contribution in [2.24, 2.45) is 52.7 Å². The molecule has 43 nitrogen and oxygen atoms in total. The molecule has 0 spiro atoms. The van der Waals surface area contributed by atoms with Crippen LogP contribution in [-0.2, 0) is 130 Å². The molecule has 4 heterocycles. The maximum atomic E-state index is 15.4. The molecule has 2 bridgehead atoms. The molecule has 3 aromatic rings. The SMILES string of the molecule is CC[C@H](C)[C@@H]1NC(=O)CNC(=O)[C@@H]2CC(=O)[C@H]([C@@H](C)[C@@H](O)CO)NC(=O)[C@@H]3C[C@@H](O)CN3C(=O)[C@H](CC(N)=O)CC(=O)[C@H](CS(=O)c3[nH]c4cc(OC(=O)N(C)CCN(CCOCCOCCOCCN)C(=O)OCc5ccc(CC(=O)[C@H](CCCNC(N)=O)NC(=O)[C@@H](CC(=O)CCOCCOCCOCCOCCOC)C(C)C)cc5)ccc4c3C2)NC(=O)CNC1=O. The Labute approximate surface area is 757 Å². The fourth-order valence-electron chi connectivity index (χ4n) is 14.4. The minimum atomic E-state index is -2.53. The summed E-state index contributed by atoms with van der Waals surface area (Å²) in [5.74, 6) is -17.3. The first-order chi connectivity index (χ1) is 62.2. The number of hydrogen-bond acceptors (Lipinski definition) is 30. The Kier molecular flexibility index (Phi) is 48.4. The van der Waals surface area contributed by atoms with Gasteiger partial charge >= 0.3 is 18.2 Å². The van der Waals surface area contributed by atoms with Crippen LogP contribution in [0.4, 0.5) is 14.4 Å². The summed E-state index contributed by atoms with van der Waals surface area (Å²) in [6.07, 6.45) is -7.97. The molecule has 2 aromatic carbocycles. The van der Waals surface area contributed by atoms with E-state index in [9.17, 15) is 82.4 Å². The number of likely N-dealkylation sites (N-methyl/N-ethyl adjacent to an activating group) is 1. The molecule has 1 saturated heterocycles. The number of aliphatic hydroxyl groups excluding tert-OH is 3. The number of nitrogens with one attached hydrogen (secondary N) is 8. The largest absolute Gasteiger partial charge is 0.445 e. The maximum absolute atomic E-state index is 15.4. The number of methoxy groups -OCH3 is 1. The van der Waals surface area contributed by atoms with Crippen molar-refractivity contribution in [2.75, 3.05) is 178 Å². The maximum Gasteiger partial charge on any atom is 0.415 e. The van der Waals surface area contributed by atoms with Crippen LogP contribution in [0.15, 0.2) is 47.5 Å². The van der Waals surface area contributed by atoms with Gasteiger partial charge in [0, 0.05) is 128 Å². The van der Waals surface area contributed by atoms with Crippen molar-refractivity contribution in [3.63, 3.8) is 0 Å². The number of aromatic nitrogens is 1. The van der Waals surface area contributed by atoms with E-state index in [1.165, 1.54) is 37.1 Å². The van der Waals surface area contributed by atoms with E-state index >= 15 is 9.00 Å². The van der Waals surface area contributed by atoms with Gasteiger partial charge in [-0.15, -0.1) is 0 Å². The minimum Gasteiger partial charge on any atom is -0.445 e. The van der Waals surface area contributed by atoms with Crippen molar-refractivity contribution in [3.8, 4) is 5.75 Å². The van der Waals surface area contributed by atoms with Crippen LogP contribution >= 0.6 is 0 Å². The Morgan fingerprint density at radius 1 is 0.692 bits per heavy atom. The van der Waals surface area contributed by atoms with Crippen molar-refractivity contribution >= 4 is 110 Å². The van der Waals surface area contributed by atoms with Gasteiger partial charge in [0.05, 0.1) is 177 Å². The summed E-state index contributed by atoms with van der Waals surface area (Å²) >= 11 is 0. The van der Waals surface area contributed by atoms with Gasteiger partial charge in [-0.2, -0.15) is 0 Å². The molecule has 13 atom stereocenters. The van der Waals surface area contributed by atoms with Crippen LogP contribution in [0.2, 0.25) is 0 Å². The summed E-state index contributed by atoms with van der Waals surface area (Å²) in [6.45, 7) is 9.27. The molecule has 130 heavy (non-hydrogen) atoms. The third-order valence-corrected chi connectivity index (χ3v) is 23.6. The standard InChI is InChI=1S/C86H132N14O29S/c1-8-53(4)76-81(114)92-46-74(109)93-67-51-130(119)82-64(39-57(78(111)91-47-75(110)96-76)40-71(106)77(54(5)72(107)49-101)97-80(113)68-44-60(103)48-100(68)83(115)58(41-70(67)105)42-73(88)108)62-16-15-61(45-66(62)95-82)129-85(117)98(6)20-21-99(22-25-123-30-33-126-32-29-122-24-18-87)86(118)128-50-56-13-11-55(12-14-56)38-69(104)65(10-9-19-90-84(89)116)94-79(112)63(52(2)3)43-59(102)17-23-121-28-31-125-36-37-127-35-34-124-27-26-120-7/h11-16,45,52-54,57-58,60,63,65,67-68,72,76-77,95,101,103,107H,8-10,17-44,46-51,87H2,1-7H3,(H2,88,108)(H,91,111)(H,92,114)(H,93,109)(H,94,112)(H,96,110)(H,97,113)(H3,89,90,116)/t53-,54-,57-,58-,60+,63-,65-,67-,68-,72-,76-,77-,130?/m0/s1. The molecular weight excluding hydrogens is 1730 g/mol. The van der Waals surface area contributed by atoms with E-state index in [0.29, 0.717) is 76.9 Å². The molecule has 1 aromatic heterocycles. The number of ether oxygens (including phenoxy) is 10. The van der Waals surface area contributed by atoms with E-state index < -0.39 is 224 Å². The summed E-state index contributed by atoms with van der Waals surface area (Å²) in [7, 11) is 0.442. The molecule has 12 amide bonds. The van der Waals surface area contributed by atoms with Gasteiger partial charge in [-0.1, -0.05) is 65.3 Å². The lowest BCUT2D eigenvalue weighted by Gasteiger charge is -2.32. The number of carbonyl (C=O) groups is 15. The smallest absolute Gasteiger partial charge is 0.415 e. The number of fused-ring (bicyclic) bond motifs is 5. The van der Waals surface area contributed by atoms with Crippen LogP contribution in [0, 0.1) is 35.5 Å². The number of carbonyl (C=O) groups excluding carboxylic acids is 15. The lowest BCUT2D eigenvalue weighted by Crippen LogP contribution is -2.56. The molecule has 6 rings (SSSR count). The molecule has 3 aliphatic heterocycles. The van der Waals surface area contributed by atoms with Crippen LogP contribution in [0.1, 0.15) is 109 Å². The summed E-state index contributed by atoms with van der Waals surface area (Å²) in [5, 5.41) is 50.2. The number of amides is 12. The Morgan fingerprint density at radius 2 is 1.30 bits per heavy atom. The van der Waals surface area contributed by atoms with Crippen LogP contribution < -0.4 is 59.2 Å². The molecule has 0 aliphatic carbocycles. The van der Waals surface area contributed by atoms with Crippen LogP contribution in [0.25, 0.3) is 10.9 Å². The highest BCUT2D eigenvalue weighted by Gasteiger charge is 2.46. The fourth-order valence-corrected chi connectivity index (χ4v) is 15.9. The molecule has 17 N–H and O–H groups in total. The number of aromatic amines is 1. The molecule has 3 aliphatic rings. The number of urea groups is 1. The van der Waals surface area contributed by atoms with Gasteiger partial charge in [0.1, 0.15) is 35.2 Å². The number of benzene rings is 2. The van der Waals surface area contributed by atoms with Crippen LogP contribution in [-0.4, -0.2) is 348 Å². The summed E-state index contributed by atoms with van der Waals surface area (Å²) in [5.41, 5.74) is 17.6. The number of rotatable bonds is 51. The van der Waals surface area contributed by atoms with E-state index in [4.69, 9.17) is 64.6 Å². The number of hydrogen-bond donors (Lipinski definition) is 14. The Balaban J connectivity index is 1.23. The van der Waals surface area contributed by atoms with E-state index in [2.05, 4.69) is 42.2 Å². The second-order valence-corrected chi connectivity index (χ2v) is 33.9. The topological polar surface area (TPSA) is 614 Å². The van der Waals surface area contributed by atoms with Gasteiger partial charge in [0.2, 0.25) is 47.3 Å². The zero-order chi connectivity index (χ0) is 95.4. The quantitative estimate of drug-likeness (QED) is 0.0272. The first-order valence-corrected chi connectivity index (χ1v) is 45.1. The number of ketones is 4. The van der Waals surface area contributed by atoms with E-state index in [0.717, 1.165) is 9.80 Å². The third-order valence-electron chi connectivity index (χ3n) is 22.2. The average Bonchev–Trinajstić information content (AvgIpc) is 1.62. The van der Waals surface area contributed by atoms with Gasteiger partial charge in [-0.05, 0) is 59.9 Å². The predicted molar refractivity (Wildman–Crippen MR) is 467 cm³/mol. The zero-order valence-corrected chi connectivity index (χ0v) is 76.0. The molecule has 1 fully saturated rings. The van der Waals surface area contributed by atoms with Gasteiger partial charge < -0.3 is 137 Å². The molecule has 0 saturated carbocycles. The molecular formula is C86H132N14O29S. The number of nitrogens with zero attached hydrogens (tertiary/aromatic N) is 3. The van der Waals surface area contributed by atoms with Gasteiger partial charge in [-0.25, -0.2) is 14.4 Å². The Morgan fingerprint density at radius 3 is 1.91 bits per heavy atom. The third kappa shape index (κ3) is 37.3. The van der Waals surface area contributed by atoms with Crippen LogP contribution in [0.5, 0.6) is 5.75 Å². The van der Waals surface area contributed by atoms with E-state index in [1.807, 2.05) is 0 Å². The number of H-pyrrole nitrogens is 1.